The van der Waals surface area contributed by atoms with Crippen molar-refractivity contribution in [3.05, 3.63) is 35.9 Å². The lowest BCUT2D eigenvalue weighted by Gasteiger charge is -2.25. The minimum absolute atomic E-state index is 0.0316. The molecule has 4 heteroatoms. The number of rotatable bonds is 4. The summed E-state index contributed by atoms with van der Waals surface area (Å²) < 4.78 is 10.8. The molecule has 4 nitrogen and oxygen atoms in total. The minimum atomic E-state index is -0.657. The second kappa shape index (κ2) is 6.95. The van der Waals surface area contributed by atoms with Crippen molar-refractivity contribution in [2.75, 3.05) is 0 Å². The number of hydrogen-bond acceptors (Lipinski definition) is 4. The number of ether oxygens (including phenoxy) is 2. The van der Waals surface area contributed by atoms with E-state index in [1.54, 1.807) is 41.5 Å². The van der Waals surface area contributed by atoms with Gasteiger partial charge in [-0.2, -0.15) is 0 Å². The molecule has 0 fully saturated rings. The summed E-state index contributed by atoms with van der Waals surface area (Å²) in [5, 5.41) is 0. The van der Waals surface area contributed by atoms with Crippen LogP contribution in [0.25, 0.3) is 0 Å². The molecule has 0 radical (unpaired) electrons. The molecule has 1 atom stereocenters. The van der Waals surface area contributed by atoms with E-state index in [9.17, 15) is 9.59 Å². The molecule has 1 aromatic carbocycles. The Morgan fingerprint density at radius 1 is 0.909 bits per heavy atom. The number of carbonyl (C=O) groups excluding carboxylic acids is 2. The van der Waals surface area contributed by atoms with Crippen LogP contribution in [0.15, 0.2) is 30.3 Å². The maximum Gasteiger partial charge on any atom is 0.314 e. The zero-order valence-corrected chi connectivity index (χ0v) is 14.3. The quantitative estimate of drug-likeness (QED) is 0.793. The summed E-state index contributed by atoms with van der Waals surface area (Å²) >= 11 is 0. The van der Waals surface area contributed by atoms with E-state index in [4.69, 9.17) is 9.47 Å². The van der Waals surface area contributed by atoms with Gasteiger partial charge < -0.3 is 9.47 Å². The highest BCUT2D eigenvalue weighted by molar-refractivity contribution is 5.84. The van der Waals surface area contributed by atoms with E-state index in [0.29, 0.717) is 0 Å². The number of carbonyl (C=O) groups is 2. The predicted octanol–water partition coefficient (Wildman–Crippen LogP) is 3.84. The highest BCUT2D eigenvalue weighted by Crippen LogP contribution is 2.25. The molecule has 22 heavy (non-hydrogen) atoms. The molecule has 1 aromatic rings. The standard InChI is InChI=1S/C18H26O4/c1-17(2,3)21-15(19)12-14(13-10-8-7-9-11-13)16(20)22-18(4,5)6/h7-11,14H,12H2,1-6H3/t14-/m0/s1. The predicted molar refractivity (Wildman–Crippen MR) is 85.5 cm³/mol. The molecular weight excluding hydrogens is 280 g/mol. The topological polar surface area (TPSA) is 52.6 Å². The lowest BCUT2D eigenvalue weighted by atomic mass is 9.95. The van der Waals surface area contributed by atoms with Gasteiger partial charge in [0.25, 0.3) is 0 Å². The van der Waals surface area contributed by atoms with E-state index in [1.807, 2.05) is 30.3 Å². The zero-order valence-electron chi connectivity index (χ0n) is 14.3. The van der Waals surface area contributed by atoms with Crippen LogP contribution >= 0.6 is 0 Å². The Kier molecular flexibility index (Phi) is 5.75. The Hall–Kier alpha value is -1.84. The van der Waals surface area contributed by atoms with Gasteiger partial charge in [-0.05, 0) is 47.1 Å². The van der Waals surface area contributed by atoms with Gasteiger partial charge in [-0.1, -0.05) is 30.3 Å². The van der Waals surface area contributed by atoms with Crippen LogP contribution < -0.4 is 0 Å². The molecule has 0 bridgehead atoms. The summed E-state index contributed by atoms with van der Waals surface area (Å²) in [6.07, 6.45) is -0.0316. The third kappa shape index (κ3) is 6.74. The Labute approximate surface area is 132 Å². The molecule has 0 saturated heterocycles. The monoisotopic (exact) mass is 306 g/mol. The summed E-state index contributed by atoms with van der Waals surface area (Å²) in [4.78, 5) is 24.5. The van der Waals surface area contributed by atoms with Gasteiger partial charge in [0.15, 0.2) is 0 Å². The first-order valence-electron chi connectivity index (χ1n) is 7.47. The van der Waals surface area contributed by atoms with Crippen molar-refractivity contribution in [3.63, 3.8) is 0 Å². The van der Waals surface area contributed by atoms with E-state index in [-0.39, 0.29) is 6.42 Å². The van der Waals surface area contributed by atoms with Gasteiger partial charge in [-0.3, -0.25) is 9.59 Å². The maximum atomic E-state index is 12.4. The SMILES string of the molecule is CC(C)(C)OC(=O)C[C@H](C(=O)OC(C)(C)C)c1ccccc1. The van der Waals surface area contributed by atoms with Crippen LogP contribution in [0.2, 0.25) is 0 Å². The van der Waals surface area contributed by atoms with Crippen LogP contribution in [0, 0.1) is 0 Å². The Bertz CT molecular complexity index is 506. The molecule has 0 N–H and O–H groups in total. The van der Waals surface area contributed by atoms with Gasteiger partial charge >= 0.3 is 11.9 Å². The van der Waals surface area contributed by atoms with E-state index in [0.717, 1.165) is 5.56 Å². The molecule has 0 spiro atoms. The van der Waals surface area contributed by atoms with Gasteiger partial charge in [0.2, 0.25) is 0 Å². The van der Waals surface area contributed by atoms with E-state index >= 15 is 0 Å². The molecule has 0 aliphatic carbocycles. The molecule has 0 heterocycles. The normalized spacial score (nSPS) is 13.4. The smallest absolute Gasteiger partial charge is 0.314 e. The first kappa shape index (κ1) is 18.2. The summed E-state index contributed by atoms with van der Waals surface area (Å²) in [6.45, 7) is 10.8. The average Bonchev–Trinajstić information content (AvgIpc) is 2.32. The van der Waals surface area contributed by atoms with E-state index < -0.39 is 29.1 Å². The maximum absolute atomic E-state index is 12.4. The van der Waals surface area contributed by atoms with Gasteiger partial charge in [0, 0.05) is 0 Å². The van der Waals surface area contributed by atoms with Crippen molar-refractivity contribution in [1.29, 1.82) is 0 Å². The summed E-state index contributed by atoms with van der Waals surface area (Å²) in [6, 6.07) is 9.17. The highest BCUT2D eigenvalue weighted by Gasteiger charge is 2.30. The molecule has 0 amide bonds. The fourth-order valence-electron chi connectivity index (χ4n) is 1.95. The molecule has 122 valence electrons. The van der Waals surface area contributed by atoms with Gasteiger partial charge in [0.1, 0.15) is 11.2 Å². The lowest BCUT2D eigenvalue weighted by Crippen LogP contribution is -2.31. The third-order valence-electron chi connectivity index (χ3n) is 2.68. The lowest BCUT2D eigenvalue weighted by molar-refractivity contribution is -0.164. The summed E-state index contributed by atoms with van der Waals surface area (Å²) in [5.41, 5.74) is -0.424. The minimum Gasteiger partial charge on any atom is -0.460 e. The van der Waals surface area contributed by atoms with Crippen molar-refractivity contribution in [1.82, 2.24) is 0 Å². The van der Waals surface area contributed by atoms with Crippen LogP contribution in [-0.4, -0.2) is 23.1 Å². The first-order chi connectivity index (χ1) is 9.98. The molecule has 0 unspecified atom stereocenters. The average molecular weight is 306 g/mol. The van der Waals surface area contributed by atoms with Gasteiger partial charge in [-0.15, -0.1) is 0 Å². The van der Waals surface area contributed by atoms with Crippen molar-refractivity contribution in [2.45, 2.75) is 65.1 Å². The molecule has 1 rings (SSSR count). The number of esters is 2. The van der Waals surface area contributed by atoms with Crippen molar-refractivity contribution < 1.29 is 19.1 Å². The Morgan fingerprint density at radius 3 is 1.86 bits per heavy atom. The largest absolute Gasteiger partial charge is 0.460 e. The molecular formula is C18H26O4. The van der Waals surface area contributed by atoms with Crippen molar-refractivity contribution >= 4 is 11.9 Å². The molecule has 0 saturated carbocycles. The van der Waals surface area contributed by atoms with Crippen LogP contribution in [0.3, 0.4) is 0 Å². The second-order valence-electron chi connectivity index (χ2n) is 7.29. The first-order valence-corrected chi connectivity index (χ1v) is 7.47. The zero-order chi connectivity index (χ0) is 17.0. The Morgan fingerprint density at radius 2 is 1.41 bits per heavy atom. The number of benzene rings is 1. The number of hydrogen-bond donors (Lipinski definition) is 0. The second-order valence-corrected chi connectivity index (χ2v) is 7.29. The van der Waals surface area contributed by atoms with Crippen molar-refractivity contribution in [2.24, 2.45) is 0 Å². The van der Waals surface area contributed by atoms with Crippen LogP contribution in [0.1, 0.15) is 59.4 Å². The third-order valence-corrected chi connectivity index (χ3v) is 2.68. The highest BCUT2D eigenvalue weighted by atomic mass is 16.6. The van der Waals surface area contributed by atoms with Crippen LogP contribution in [-0.2, 0) is 19.1 Å². The molecule has 0 aliphatic heterocycles. The fourth-order valence-corrected chi connectivity index (χ4v) is 1.95. The van der Waals surface area contributed by atoms with E-state index in [2.05, 4.69) is 0 Å². The molecule has 0 aliphatic rings. The fraction of sp³-hybridized carbons (Fsp3) is 0.556. The summed E-state index contributed by atoms with van der Waals surface area (Å²) in [5.74, 6) is -1.48. The van der Waals surface area contributed by atoms with Crippen molar-refractivity contribution in [3.8, 4) is 0 Å². The Balaban J connectivity index is 2.93. The summed E-state index contributed by atoms with van der Waals surface area (Å²) in [7, 11) is 0. The van der Waals surface area contributed by atoms with E-state index in [1.165, 1.54) is 0 Å². The van der Waals surface area contributed by atoms with Crippen LogP contribution in [0.5, 0.6) is 0 Å². The van der Waals surface area contributed by atoms with Gasteiger partial charge in [-0.25, -0.2) is 0 Å². The van der Waals surface area contributed by atoms with Crippen LogP contribution in [0.4, 0.5) is 0 Å². The van der Waals surface area contributed by atoms with Gasteiger partial charge in [0.05, 0.1) is 12.3 Å². The molecule has 0 aromatic heterocycles.